The van der Waals surface area contributed by atoms with E-state index in [1.54, 1.807) is 0 Å². The second-order valence-corrected chi connectivity index (χ2v) is 6.90. The topological polar surface area (TPSA) is 26.0 Å². The Morgan fingerprint density at radius 2 is 1.39 bits per heavy atom. The molecule has 0 amide bonds. The molecule has 0 spiro atoms. The van der Waals surface area contributed by atoms with Crippen LogP contribution in [0.1, 0.15) is 36.1 Å². The van der Waals surface area contributed by atoms with E-state index < -0.39 is 0 Å². The first-order chi connectivity index (χ1) is 11.1. The maximum Gasteiger partial charge on any atom is 0.0397 e. The molecular weight excluding hydrogens is 278 g/mol. The van der Waals surface area contributed by atoms with Gasteiger partial charge in [-0.3, -0.25) is 0 Å². The summed E-state index contributed by atoms with van der Waals surface area (Å²) in [5, 5.41) is 0. The minimum atomic E-state index is 0.00669. The maximum absolute atomic E-state index is 6.37. The smallest absolute Gasteiger partial charge is 0.0397 e. The third-order valence-electron chi connectivity index (χ3n) is 5.08. The van der Waals surface area contributed by atoms with Crippen molar-refractivity contribution in [2.75, 3.05) is 5.73 Å². The minimum Gasteiger partial charge on any atom is -0.398 e. The van der Waals surface area contributed by atoms with Crippen LogP contribution in [0.5, 0.6) is 0 Å². The summed E-state index contributed by atoms with van der Waals surface area (Å²) in [7, 11) is 0. The van der Waals surface area contributed by atoms with Crippen LogP contribution in [0.3, 0.4) is 0 Å². The monoisotopic (exact) mass is 299 g/mol. The number of hydrogen-bond acceptors (Lipinski definition) is 1. The van der Waals surface area contributed by atoms with Crippen LogP contribution in [0.15, 0.2) is 66.7 Å². The lowest BCUT2D eigenvalue weighted by molar-refractivity contribution is 0.660. The second kappa shape index (κ2) is 4.99. The lowest BCUT2D eigenvalue weighted by Crippen LogP contribution is -2.15. The number of nitrogen functional groups attached to an aromatic ring is 1. The van der Waals surface area contributed by atoms with E-state index in [0.717, 1.165) is 12.1 Å². The highest BCUT2D eigenvalue weighted by atomic mass is 14.6. The van der Waals surface area contributed by atoms with Crippen LogP contribution in [0, 0.1) is 0 Å². The number of hydrogen-bond donors (Lipinski definition) is 1. The van der Waals surface area contributed by atoms with Gasteiger partial charge in [0, 0.05) is 16.7 Å². The van der Waals surface area contributed by atoms with E-state index in [9.17, 15) is 0 Å². The summed E-state index contributed by atoms with van der Waals surface area (Å²) in [6.45, 7) is 4.59. The van der Waals surface area contributed by atoms with E-state index in [1.165, 1.54) is 33.4 Å². The van der Waals surface area contributed by atoms with Gasteiger partial charge in [0.25, 0.3) is 0 Å². The molecule has 23 heavy (non-hydrogen) atoms. The van der Waals surface area contributed by atoms with Crippen molar-refractivity contribution in [1.82, 2.24) is 0 Å². The highest BCUT2D eigenvalue weighted by Crippen LogP contribution is 2.52. The molecule has 0 saturated heterocycles. The van der Waals surface area contributed by atoms with Gasteiger partial charge in [-0.2, -0.15) is 0 Å². The molecule has 1 aliphatic rings. The van der Waals surface area contributed by atoms with Crippen molar-refractivity contribution >= 4 is 5.69 Å². The zero-order valence-electron chi connectivity index (χ0n) is 13.6. The van der Waals surface area contributed by atoms with Crippen LogP contribution >= 0.6 is 0 Å². The van der Waals surface area contributed by atoms with Crippen molar-refractivity contribution in [2.45, 2.75) is 25.7 Å². The van der Waals surface area contributed by atoms with E-state index in [0.29, 0.717) is 0 Å². The molecule has 0 bridgehead atoms. The fourth-order valence-electron chi connectivity index (χ4n) is 3.89. The first kappa shape index (κ1) is 14.1. The number of benzene rings is 3. The number of fused-ring (bicyclic) bond motifs is 3. The van der Waals surface area contributed by atoms with Crippen LogP contribution in [-0.2, 0) is 11.8 Å². The van der Waals surface area contributed by atoms with Gasteiger partial charge >= 0.3 is 0 Å². The number of rotatable bonds is 2. The van der Waals surface area contributed by atoms with E-state index in [-0.39, 0.29) is 5.41 Å². The van der Waals surface area contributed by atoms with Crippen molar-refractivity contribution in [2.24, 2.45) is 0 Å². The zero-order valence-corrected chi connectivity index (χ0v) is 13.6. The molecule has 4 rings (SSSR count). The van der Waals surface area contributed by atoms with Gasteiger partial charge in [0.1, 0.15) is 0 Å². The lowest BCUT2D eigenvalue weighted by atomic mass is 9.82. The molecule has 0 saturated carbocycles. The molecular formula is C22H21N. The Morgan fingerprint density at radius 3 is 2.13 bits per heavy atom. The zero-order chi connectivity index (χ0) is 16.0. The van der Waals surface area contributed by atoms with Gasteiger partial charge in [-0.05, 0) is 40.3 Å². The average molecular weight is 299 g/mol. The van der Waals surface area contributed by atoms with Gasteiger partial charge in [-0.1, -0.05) is 74.5 Å². The van der Waals surface area contributed by atoms with Crippen LogP contribution in [0.4, 0.5) is 5.69 Å². The quantitative estimate of drug-likeness (QED) is 0.649. The molecule has 3 aromatic carbocycles. The average Bonchev–Trinajstić information content (AvgIpc) is 2.79. The molecule has 0 aromatic heterocycles. The first-order valence-corrected chi connectivity index (χ1v) is 8.14. The summed E-state index contributed by atoms with van der Waals surface area (Å²) in [6.07, 6.45) is 0.938. The van der Waals surface area contributed by atoms with Crippen molar-refractivity contribution in [3.63, 3.8) is 0 Å². The van der Waals surface area contributed by atoms with E-state index >= 15 is 0 Å². The highest BCUT2D eigenvalue weighted by molar-refractivity contribution is 5.90. The molecule has 0 radical (unpaired) electrons. The van der Waals surface area contributed by atoms with Crippen LogP contribution in [0.25, 0.3) is 11.1 Å². The molecule has 0 atom stereocenters. The standard InChI is InChI=1S/C22H21N/c1-22(2)17-11-6-10-16(14-15-8-4-3-5-9-15)20(17)21-18(22)12-7-13-19(21)23/h3-13H,14,23H2,1-2H3. The summed E-state index contributed by atoms with van der Waals surface area (Å²) < 4.78 is 0. The van der Waals surface area contributed by atoms with Gasteiger partial charge in [0.05, 0.1) is 0 Å². The highest BCUT2D eigenvalue weighted by Gasteiger charge is 2.37. The third kappa shape index (κ3) is 2.08. The van der Waals surface area contributed by atoms with E-state index in [2.05, 4.69) is 74.5 Å². The summed E-state index contributed by atoms with van der Waals surface area (Å²) in [5.41, 5.74) is 15.3. The maximum atomic E-state index is 6.37. The van der Waals surface area contributed by atoms with Crippen molar-refractivity contribution in [1.29, 1.82) is 0 Å². The van der Waals surface area contributed by atoms with Crippen molar-refractivity contribution < 1.29 is 0 Å². The molecule has 1 nitrogen and oxygen atoms in total. The predicted molar refractivity (Wildman–Crippen MR) is 97.7 cm³/mol. The van der Waals surface area contributed by atoms with Gasteiger partial charge in [-0.15, -0.1) is 0 Å². The first-order valence-electron chi connectivity index (χ1n) is 8.14. The third-order valence-corrected chi connectivity index (χ3v) is 5.08. The molecule has 2 N–H and O–H groups in total. The molecule has 1 aliphatic carbocycles. The Labute approximate surface area is 137 Å². The van der Waals surface area contributed by atoms with Crippen molar-refractivity contribution in [3.8, 4) is 11.1 Å². The number of nitrogens with two attached hydrogens (primary N) is 1. The van der Waals surface area contributed by atoms with Crippen molar-refractivity contribution in [3.05, 3.63) is 89.0 Å². The fraction of sp³-hybridized carbons (Fsp3) is 0.182. The molecule has 1 heteroatoms. The van der Waals surface area contributed by atoms with E-state index in [1.807, 2.05) is 6.07 Å². The summed E-state index contributed by atoms with van der Waals surface area (Å²) in [6, 6.07) is 23.6. The van der Waals surface area contributed by atoms with Gasteiger partial charge < -0.3 is 5.73 Å². The molecule has 114 valence electrons. The van der Waals surface area contributed by atoms with Gasteiger partial charge in [0.15, 0.2) is 0 Å². The summed E-state index contributed by atoms with van der Waals surface area (Å²) >= 11 is 0. The Bertz CT molecular complexity index is 876. The Kier molecular flexibility index (Phi) is 3.05. The molecule has 0 heterocycles. The summed E-state index contributed by atoms with van der Waals surface area (Å²) in [4.78, 5) is 0. The Hall–Kier alpha value is -2.54. The SMILES string of the molecule is CC1(C)c2cccc(N)c2-c2c(Cc3ccccc3)cccc21. The minimum absolute atomic E-state index is 0.00669. The Morgan fingerprint density at radius 1 is 0.739 bits per heavy atom. The molecule has 3 aromatic rings. The van der Waals surface area contributed by atoms with Crippen LogP contribution in [0.2, 0.25) is 0 Å². The Balaban J connectivity index is 1.95. The molecule has 0 unspecified atom stereocenters. The predicted octanol–water partition coefficient (Wildman–Crippen LogP) is 5.17. The molecule has 0 fully saturated rings. The lowest BCUT2D eigenvalue weighted by Gasteiger charge is -2.21. The summed E-state index contributed by atoms with van der Waals surface area (Å²) in [5.74, 6) is 0. The fourth-order valence-corrected chi connectivity index (χ4v) is 3.89. The van der Waals surface area contributed by atoms with Crippen LogP contribution < -0.4 is 5.73 Å². The van der Waals surface area contributed by atoms with E-state index in [4.69, 9.17) is 5.73 Å². The molecule has 0 aliphatic heterocycles. The number of anilines is 1. The van der Waals surface area contributed by atoms with Gasteiger partial charge in [-0.25, -0.2) is 0 Å². The largest absolute Gasteiger partial charge is 0.398 e. The van der Waals surface area contributed by atoms with Gasteiger partial charge in [0.2, 0.25) is 0 Å². The van der Waals surface area contributed by atoms with Crippen LogP contribution in [-0.4, -0.2) is 0 Å². The second-order valence-electron chi connectivity index (χ2n) is 6.90. The normalized spacial score (nSPS) is 14.3.